The monoisotopic (exact) mass is 463 g/mol. The molecule has 0 amide bonds. The van der Waals surface area contributed by atoms with Gasteiger partial charge in [0.1, 0.15) is 11.9 Å². The number of benzene rings is 1. The number of furan rings is 1. The molecule has 0 radical (unpaired) electrons. The summed E-state index contributed by atoms with van der Waals surface area (Å²) in [4.78, 5) is 12.9. The molecule has 34 heavy (non-hydrogen) atoms. The quantitative estimate of drug-likeness (QED) is 0.335. The molecule has 1 spiro atoms. The van der Waals surface area contributed by atoms with Crippen molar-refractivity contribution in [2.75, 3.05) is 19.7 Å². The van der Waals surface area contributed by atoms with E-state index in [4.69, 9.17) is 13.9 Å². The number of nitrogens with one attached hydrogen (secondary N) is 1. The maximum absolute atomic E-state index is 12.9. The summed E-state index contributed by atoms with van der Waals surface area (Å²) in [6, 6.07) is 14.6. The van der Waals surface area contributed by atoms with Crippen molar-refractivity contribution < 1.29 is 18.7 Å². The number of esters is 1. The molecular weight excluding hydrogens is 426 g/mol. The highest BCUT2D eigenvalue weighted by Gasteiger charge is 2.64. The molecule has 5 nitrogen and oxygen atoms in total. The molecule has 5 heteroatoms. The largest absolute Gasteiger partial charge is 0.469 e. The molecule has 1 aromatic heterocycles. The standard InChI is InChI=1S/C29H37NO4/c1-28-11-6-12-29(19-33-29)26(28)16-22-23(27(31)34-25(22)17-28)18-30-13-10-21(24-9-5-14-32-24)15-20-7-3-2-4-8-20/h2-5,7-9,14,21-23,25-26,30H,6,10-13,15-19H2,1H3/t21-,22+,23+,25+,26-,28+,29-/m0/s1. The van der Waals surface area contributed by atoms with Crippen molar-refractivity contribution in [3.05, 3.63) is 60.1 Å². The number of epoxide rings is 1. The first-order chi connectivity index (χ1) is 16.6. The number of rotatable bonds is 8. The zero-order chi connectivity index (χ0) is 23.2. The molecule has 2 saturated carbocycles. The summed E-state index contributed by atoms with van der Waals surface area (Å²) in [6.45, 7) is 4.89. The zero-order valence-corrected chi connectivity index (χ0v) is 20.2. The Kier molecular flexibility index (Phi) is 5.81. The van der Waals surface area contributed by atoms with E-state index in [2.05, 4.69) is 48.6 Å². The first-order valence-electron chi connectivity index (χ1n) is 13.2. The normalized spacial score (nSPS) is 37.1. The Hall–Kier alpha value is -2.11. The average molecular weight is 464 g/mol. The minimum Gasteiger partial charge on any atom is -0.469 e. The van der Waals surface area contributed by atoms with Crippen LogP contribution < -0.4 is 5.32 Å². The second-order valence-corrected chi connectivity index (χ2v) is 11.5. The van der Waals surface area contributed by atoms with Gasteiger partial charge in [-0.3, -0.25) is 4.79 Å². The Morgan fingerprint density at radius 2 is 2.00 bits per heavy atom. The molecule has 1 N–H and O–H groups in total. The van der Waals surface area contributed by atoms with Crippen LogP contribution in [0.1, 0.15) is 62.7 Å². The summed E-state index contributed by atoms with van der Waals surface area (Å²) >= 11 is 0. The molecule has 4 aliphatic rings. The molecule has 182 valence electrons. The van der Waals surface area contributed by atoms with E-state index >= 15 is 0 Å². The van der Waals surface area contributed by atoms with Crippen LogP contribution >= 0.6 is 0 Å². The maximum Gasteiger partial charge on any atom is 0.310 e. The van der Waals surface area contributed by atoms with Crippen molar-refractivity contribution in [2.24, 2.45) is 23.2 Å². The van der Waals surface area contributed by atoms with Crippen molar-refractivity contribution in [1.82, 2.24) is 5.32 Å². The van der Waals surface area contributed by atoms with Crippen LogP contribution in [0.3, 0.4) is 0 Å². The van der Waals surface area contributed by atoms with Gasteiger partial charge in [-0.15, -0.1) is 0 Å². The van der Waals surface area contributed by atoms with Gasteiger partial charge in [0.25, 0.3) is 0 Å². The van der Waals surface area contributed by atoms with E-state index in [1.807, 2.05) is 6.07 Å². The van der Waals surface area contributed by atoms with E-state index in [-0.39, 0.29) is 29.0 Å². The lowest BCUT2D eigenvalue weighted by Crippen LogP contribution is -2.51. The van der Waals surface area contributed by atoms with Gasteiger partial charge in [-0.05, 0) is 80.5 Å². The molecule has 4 fully saturated rings. The third-order valence-electron chi connectivity index (χ3n) is 9.38. The number of carbonyl (C=O) groups excluding carboxylic acids is 1. The highest BCUT2D eigenvalue weighted by atomic mass is 16.6. The van der Waals surface area contributed by atoms with E-state index in [1.165, 1.54) is 24.8 Å². The van der Waals surface area contributed by atoms with Gasteiger partial charge >= 0.3 is 5.97 Å². The molecule has 6 rings (SSSR count). The molecule has 2 saturated heterocycles. The SMILES string of the molecule is C[C@]12CCC[C@]3(CO3)[C@H]1C[C@H]1[C@@H](C2)OC(=O)[C@@H]1CNCC[C@@H](Cc1ccccc1)c1ccco1. The van der Waals surface area contributed by atoms with Crippen LogP contribution in [0.15, 0.2) is 53.1 Å². The average Bonchev–Trinajstić information content (AvgIpc) is 3.25. The summed E-state index contributed by atoms with van der Waals surface area (Å²) in [7, 11) is 0. The van der Waals surface area contributed by atoms with Gasteiger partial charge in [0, 0.05) is 18.4 Å². The smallest absolute Gasteiger partial charge is 0.310 e. The topological polar surface area (TPSA) is 64.0 Å². The van der Waals surface area contributed by atoms with Crippen molar-refractivity contribution in [2.45, 2.75) is 69.5 Å². The number of ether oxygens (including phenoxy) is 2. The van der Waals surface area contributed by atoms with Gasteiger partial charge in [-0.2, -0.15) is 0 Å². The Morgan fingerprint density at radius 3 is 2.76 bits per heavy atom. The molecule has 0 unspecified atom stereocenters. The first kappa shape index (κ1) is 22.4. The van der Waals surface area contributed by atoms with Gasteiger partial charge in [0.2, 0.25) is 0 Å². The van der Waals surface area contributed by atoms with Crippen LogP contribution in [-0.2, 0) is 20.7 Å². The van der Waals surface area contributed by atoms with E-state index in [1.54, 1.807) is 6.26 Å². The van der Waals surface area contributed by atoms with Crippen LogP contribution in [0.2, 0.25) is 0 Å². The van der Waals surface area contributed by atoms with E-state index in [9.17, 15) is 4.79 Å². The Labute approximate surface area is 202 Å². The predicted molar refractivity (Wildman–Crippen MR) is 129 cm³/mol. The van der Waals surface area contributed by atoms with Gasteiger partial charge in [-0.1, -0.05) is 37.3 Å². The molecule has 1 aromatic carbocycles. The summed E-state index contributed by atoms with van der Waals surface area (Å²) in [5.41, 5.74) is 1.68. The highest BCUT2D eigenvalue weighted by molar-refractivity contribution is 5.75. The fraction of sp³-hybridized carbons (Fsp3) is 0.621. The number of fused-ring (bicyclic) bond motifs is 3. The van der Waals surface area contributed by atoms with Gasteiger partial charge < -0.3 is 19.2 Å². The van der Waals surface area contributed by atoms with E-state index in [0.29, 0.717) is 24.3 Å². The molecule has 7 atom stereocenters. The van der Waals surface area contributed by atoms with Crippen LogP contribution in [0.5, 0.6) is 0 Å². The molecule has 2 aliphatic heterocycles. The van der Waals surface area contributed by atoms with Gasteiger partial charge in [0.05, 0.1) is 24.4 Å². The number of carbonyl (C=O) groups is 1. The van der Waals surface area contributed by atoms with Crippen molar-refractivity contribution >= 4 is 5.97 Å². The summed E-state index contributed by atoms with van der Waals surface area (Å²) in [5.74, 6) is 2.21. The summed E-state index contributed by atoms with van der Waals surface area (Å²) in [5, 5.41) is 3.61. The minimum atomic E-state index is -0.0385. The Bertz CT molecular complexity index is 985. The summed E-state index contributed by atoms with van der Waals surface area (Å²) in [6.07, 6.45) is 9.51. The third-order valence-corrected chi connectivity index (χ3v) is 9.38. The molecule has 2 aromatic rings. The van der Waals surface area contributed by atoms with Crippen LogP contribution in [0.4, 0.5) is 0 Å². The molecule has 2 aliphatic carbocycles. The third kappa shape index (κ3) is 4.11. The lowest BCUT2D eigenvalue weighted by atomic mass is 9.53. The Balaban J connectivity index is 1.07. The molecule has 0 bridgehead atoms. The van der Waals surface area contributed by atoms with Crippen LogP contribution in [0, 0.1) is 23.2 Å². The van der Waals surface area contributed by atoms with E-state index < -0.39 is 0 Å². The van der Waals surface area contributed by atoms with Gasteiger partial charge in [0.15, 0.2) is 0 Å². The minimum absolute atomic E-state index is 0.00221. The second-order valence-electron chi connectivity index (χ2n) is 11.5. The zero-order valence-electron chi connectivity index (χ0n) is 20.2. The number of hydrogen-bond acceptors (Lipinski definition) is 5. The van der Waals surface area contributed by atoms with Crippen molar-refractivity contribution in [3.63, 3.8) is 0 Å². The van der Waals surface area contributed by atoms with Crippen LogP contribution in [-0.4, -0.2) is 37.4 Å². The fourth-order valence-electron chi connectivity index (χ4n) is 7.49. The maximum atomic E-state index is 12.9. The first-order valence-corrected chi connectivity index (χ1v) is 13.2. The lowest BCUT2D eigenvalue weighted by Gasteiger charge is -2.51. The van der Waals surface area contributed by atoms with E-state index in [0.717, 1.165) is 44.6 Å². The predicted octanol–water partition coefficient (Wildman–Crippen LogP) is 5.11. The number of hydrogen-bond donors (Lipinski definition) is 1. The highest BCUT2D eigenvalue weighted by Crippen LogP contribution is 2.62. The molecular formula is C29H37NO4. The second kappa shape index (κ2) is 8.83. The van der Waals surface area contributed by atoms with Crippen molar-refractivity contribution in [3.8, 4) is 0 Å². The van der Waals surface area contributed by atoms with Crippen molar-refractivity contribution in [1.29, 1.82) is 0 Å². The Morgan fingerprint density at radius 1 is 1.15 bits per heavy atom. The van der Waals surface area contributed by atoms with Gasteiger partial charge in [-0.25, -0.2) is 0 Å². The molecule has 3 heterocycles. The fourth-order valence-corrected chi connectivity index (χ4v) is 7.49. The van der Waals surface area contributed by atoms with Crippen LogP contribution in [0.25, 0.3) is 0 Å². The summed E-state index contributed by atoms with van der Waals surface area (Å²) < 4.78 is 17.8. The lowest BCUT2D eigenvalue weighted by molar-refractivity contribution is -0.147.